The predicted molar refractivity (Wildman–Crippen MR) is 66.8 cm³/mol. The van der Waals surface area contributed by atoms with Crippen LogP contribution in [-0.4, -0.2) is 56.3 Å². The number of hydrogen-bond donors (Lipinski definition) is 1. The van der Waals surface area contributed by atoms with E-state index in [4.69, 9.17) is 24.5 Å². The molecule has 0 spiro atoms. The third kappa shape index (κ3) is 3.30. The fourth-order valence-electron chi connectivity index (χ4n) is 1.90. The Morgan fingerprint density at radius 2 is 2.26 bits per heavy atom. The molecule has 1 aliphatic rings. The molecule has 0 radical (unpaired) electrons. The van der Waals surface area contributed by atoms with E-state index in [0.29, 0.717) is 51.2 Å². The molecule has 0 amide bonds. The molecule has 2 unspecified atom stereocenters. The molecular formula is C12H21N3O4. The normalized spacial score (nSPS) is 27.0. The van der Waals surface area contributed by atoms with Gasteiger partial charge in [0.2, 0.25) is 5.89 Å². The summed E-state index contributed by atoms with van der Waals surface area (Å²) in [6.07, 6.45) is 0.611. The molecule has 19 heavy (non-hydrogen) atoms. The standard InChI is InChI=1S/C12H21N3O4/c1-12(8-18-7-9(12)13)11-14-10(15-19-11)3-4-17-6-5-16-2/h9H,3-8,13H2,1-2H3. The maximum absolute atomic E-state index is 6.02. The van der Waals surface area contributed by atoms with E-state index in [1.807, 2.05) is 6.92 Å². The van der Waals surface area contributed by atoms with Gasteiger partial charge in [0.1, 0.15) is 0 Å². The molecule has 7 nitrogen and oxygen atoms in total. The summed E-state index contributed by atoms with van der Waals surface area (Å²) < 4.78 is 20.9. The Labute approximate surface area is 112 Å². The van der Waals surface area contributed by atoms with Crippen molar-refractivity contribution in [3.63, 3.8) is 0 Å². The summed E-state index contributed by atoms with van der Waals surface area (Å²) in [6.45, 7) is 4.71. The molecule has 0 aromatic carbocycles. The summed E-state index contributed by atoms with van der Waals surface area (Å²) in [5.74, 6) is 1.18. The van der Waals surface area contributed by atoms with Crippen molar-refractivity contribution < 1.29 is 18.7 Å². The van der Waals surface area contributed by atoms with Gasteiger partial charge in [0, 0.05) is 19.6 Å². The molecule has 0 bridgehead atoms. The SMILES string of the molecule is COCCOCCc1noc(C2(C)COCC2N)n1. The van der Waals surface area contributed by atoms with E-state index in [1.54, 1.807) is 7.11 Å². The molecule has 7 heteroatoms. The van der Waals surface area contributed by atoms with Crippen LogP contribution in [0.2, 0.25) is 0 Å². The van der Waals surface area contributed by atoms with Gasteiger partial charge in [-0.05, 0) is 6.92 Å². The number of aromatic nitrogens is 2. The number of nitrogens with two attached hydrogens (primary N) is 1. The fourth-order valence-corrected chi connectivity index (χ4v) is 1.90. The van der Waals surface area contributed by atoms with Crippen molar-refractivity contribution in [3.05, 3.63) is 11.7 Å². The van der Waals surface area contributed by atoms with Crippen molar-refractivity contribution >= 4 is 0 Å². The first-order valence-electron chi connectivity index (χ1n) is 6.40. The van der Waals surface area contributed by atoms with Crippen LogP contribution in [0.25, 0.3) is 0 Å². The Kier molecular flexibility index (Phi) is 4.87. The molecule has 0 aliphatic carbocycles. The molecule has 2 atom stereocenters. The maximum atomic E-state index is 6.02. The Bertz CT molecular complexity index is 398. The second-order valence-corrected chi connectivity index (χ2v) is 4.91. The van der Waals surface area contributed by atoms with Gasteiger partial charge in [0.05, 0.1) is 38.4 Å². The van der Waals surface area contributed by atoms with Crippen molar-refractivity contribution in [2.75, 3.05) is 40.1 Å². The second kappa shape index (κ2) is 6.42. The van der Waals surface area contributed by atoms with E-state index in [2.05, 4.69) is 10.1 Å². The monoisotopic (exact) mass is 271 g/mol. The first kappa shape index (κ1) is 14.4. The Hall–Kier alpha value is -1.02. The van der Waals surface area contributed by atoms with E-state index in [0.717, 1.165) is 0 Å². The minimum Gasteiger partial charge on any atom is -0.382 e. The zero-order chi connectivity index (χ0) is 13.7. The summed E-state index contributed by atoms with van der Waals surface area (Å²) in [7, 11) is 1.64. The second-order valence-electron chi connectivity index (χ2n) is 4.91. The third-order valence-electron chi connectivity index (χ3n) is 3.38. The lowest BCUT2D eigenvalue weighted by Gasteiger charge is -2.21. The number of methoxy groups -OCH3 is 1. The van der Waals surface area contributed by atoms with Crippen LogP contribution < -0.4 is 5.73 Å². The fraction of sp³-hybridized carbons (Fsp3) is 0.833. The van der Waals surface area contributed by atoms with Gasteiger partial charge >= 0.3 is 0 Å². The molecular weight excluding hydrogens is 250 g/mol. The lowest BCUT2D eigenvalue weighted by molar-refractivity contribution is 0.0714. The van der Waals surface area contributed by atoms with Crippen LogP contribution in [0.1, 0.15) is 18.6 Å². The summed E-state index contributed by atoms with van der Waals surface area (Å²) in [5, 5.41) is 3.95. The quantitative estimate of drug-likeness (QED) is 0.692. The molecule has 1 aromatic heterocycles. The van der Waals surface area contributed by atoms with Gasteiger partial charge in [-0.2, -0.15) is 4.98 Å². The number of hydrogen-bond acceptors (Lipinski definition) is 7. The predicted octanol–water partition coefficient (Wildman–Crippen LogP) is -0.110. The van der Waals surface area contributed by atoms with Crippen LogP contribution in [0.5, 0.6) is 0 Å². The Morgan fingerprint density at radius 3 is 2.95 bits per heavy atom. The summed E-state index contributed by atoms with van der Waals surface area (Å²) >= 11 is 0. The van der Waals surface area contributed by atoms with Crippen LogP contribution in [0, 0.1) is 0 Å². The minimum absolute atomic E-state index is 0.112. The van der Waals surface area contributed by atoms with E-state index in [1.165, 1.54) is 0 Å². The number of nitrogens with zero attached hydrogens (tertiary/aromatic N) is 2. The molecule has 1 aliphatic heterocycles. The van der Waals surface area contributed by atoms with Crippen molar-refractivity contribution in [2.45, 2.75) is 24.8 Å². The molecule has 2 N–H and O–H groups in total. The third-order valence-corrected chi connectivity index (χ3v) is 3.38. The van der Waals surface area contributed by atoms with Crippen molar-refractivity contribution in [1.29, 1.82) is 0 Å². The van der Waals surface area contributed by atoms with Crippen molar-refractivity contribution in [3.8, 4) is 0 Å². The van der Waals surface area contributed by atoms with Gasteiger partial charge in [-0.15, -0.1) is 0 Å². The first-order chi connectivity index (χ1) is 9.16. The molecule has 0 saturated carbocycles. The highest BCUT2D eigenvalue weighted by Crippen LogP contribution is 2.30. The smallest absolute Gasteiger partial charge is 0.236 e. The van der Waals surface area contributed by atoms with Gasteiger partial charge < -0.3 is 24.5 Å². The molecule has 1 aromatic rings. The van der Waals surface area contributed by atoms with Gasteiger partial charge in [-0.3, -0.25) is 0 Å². The molecule has 2 rings (SSSR count). The lowest BCUT2D eigenvalue weighted by Crippen LogP contribution is -2.42. The van der Waals surface area contributed by atoms with Crippen LogP contribution in [0.3, 0.4) is 0 Å². The first-order valence-corrected chi connectivity index (χ1v) is 6.40. The average Bonchev–Trinajstić information content (AvgIpc) is 2.99. The highest BCUT2D eigenvalue weighted by Gasteiger charge is 2.44. The van der Waals surface area contributed by atoms with E-state index >= 15 is 0 Å². The van der Waals surface area contributed by atoms with Crippen LogP contribution >= 0.6 is 0 Å². The van der Waals surface area contributed by atoms with Crippen molar-refractivity contribution in [1.82, 2.24) is 10.1 Å². The average molecular weight is 271 g/mol. The zero-order valence-electron chi connectivity index (χ0n) is 11.4. The van der Waals surface area contributed by atoms with Gasteiger partial charge in [-0.1, -0.05) is 5.16 Å². The van der Waals surface area contributed by atoms with E-state index < -0.39 is 0 Å². The molecule has 1 saturated heterocycles. The lowest BCUT2D eigenvalue weighted by atomic mass is 9.86. The van der Waals surface area contributed by atoms with Crippen molar-refractivity contribution in [2.24, 2.45) is 5.73 Å². The zero-order valence-corrected chi connectivity index (χ0v) is 11.4. The Morgan fingerprint density at radius 1 is 1.42 bits per heavy atom. The Balaban J connectivity index is 1.85. The summed E-state index contributed by atoms with van der Waals surface area (Å²) in [6, 6.07) is -0.112. The number of ether oxygens (including phenoxy) is 3. The highest BCUT2D eigenvalue weighted by atomic mass is 16.5. The largest absolute Gasteiger partial charge is 0.382 e. The van der Waals surface area contributed by atoms with E-state index in [9.17, 15) is 0 Å². The van der Waals surface area contributed by atoms with Gasteiger partial charge in [0.15, 0.2) is 5.82 Å². The van der Waals surface area contributed by atoms with Crippen LogP contribution in [0.15, 0.2) is 4.52 Å². The number of rotatable bonds is 7. The van der Waals surface area contributed by atoms with Gasteiger partial charge in [-0.25, -0.2) is 0 Å². The van der Waals surface area contributed by atoms with E-state index in [-0.39, 0.29) is 11.5 Å². The topological polar surface area (TPSA) is 92.6 Å². The van der Waals surface area contributed by atoms with Crippen LogP contribution in [0.4, 0.5) is 0 Å². The van der Waals surface area contributed by atoms with Gasteiger partial charge in [0.25, 0.3) is 0 Å². The maximum Gasteiger partial charge on any atom is 0.236 e. The minimum atomic E-state index is -0.387. The molecule has 108 valence electrons. The summed E-state index contributed by atoms with van der Waals surface area (Å²) in [5.41, 5.74) is 5.63. The summed E-state index contributed by atoms with van der Waals surface area (Å²) in [4.78, 5) is 4.38. The molecule has 2 heterocycles. The highest BCUT2D eigenvalue weighted by molar-refractivity contribution is 5.11. The molecule has 1 fully saturated rings. The van der Waals surface area contributed by atoms with Crippen LogP contribution in [-0.2, 0) is 26.0 Å².